The maximum atomic E-state index is 10.4. The second kappa shape index (κ2) is 5.24. The molecule has 0 saturated heterocycles. The molecule has 0 fully saturated rings. The topological polar surface area (TPSA) is 58.6 Å². The van der Waals surface area contributed by atoms with Crippen LogP contribution in [-0.4, -0.2) is 24.9 Å². The summed E-state index contributed by atoms with van der Waals surface area (Å²) < 4.78 is 5.26. The summed E-state index contributed by atoms with van der Waals surface area (Å²) in [5, 5.41) is 11.4. The van der Waals surface area contributed by atoms with Crippen LogP contribution in [0.2, 0.25) is 0 Å². The first kappa shape index (κ1) is 10.5. The summed E-state index contributed by atoms with van der Waals surface area (Å²) in [5.74, 6) is -0.0950. The van der Waals surface area contributed by atoms with E-state index in [1.807, 2.05) is 0 Å². The Morgan fingerprint density at radius 1 is 1.43 bits per heavy atom. The lowest BCUT2D eigenvalue weighted by atomic mass is 10.1. The van der Waals surface area contributed by atoms with Crippen LogP contribution >= 0.6 is 0 Å². The van der Waals surface area contributed by atoms with Crippen LogP contribution in [0.25, 0.3) is 0 Å². The molecule has 0 unspecified atom stereocenters. The van der Waals surface area contributed by atoms with Gasteiger partial charge in [-0.3, -0.25) is 10.1 Å². The van der Waals surface area contributed by atoms with E-state index >= 15 is 0 Å². The molecule has 0 aliphatic rings. The molecule has 0 aliphatic heterocycles. The second-order valence-electron chi connectivity index (χ2n) is 2.86. The zero-order valence-corrected chi connectivity index (χ0v) is 7.99. The van der Waals surface area contributed by atoms with E-state index in [4.69, 9.17) is 9.84 Å². The molecule has 76 valence electrons. The molecule has 1 aromatic carbocycles. The van der Waals surface area contributed by atoms with Crippen molar-refractivity contribution < 1.29 is 14.6 Å². The third kappa shape index (κ3) is 3.45. The van der Waals surface area contributed by atoms with Gasteiger partial charge in [0.25, 0.3) is 0 Å². The van der Waals surface area contributed by atoms with Gasteiger partial charge in [0.1, 0.15) is 12.5 Å². The number of carbonyl (C=O) groups is 1. The molecule has 0 heterocycles. The first-order valence-electron chi connectivity index (χ1n) is 4.30. The minimum atomic E-state index is -0.825. The number of rotatable bonds is 5. The van der Waals surface area contributed by atoms with Gasteiger partial charge in [0.15, 0.2) is 0 Å². The van der Waals surface area contributed by atoms with Crippen molar-refractivity contribution in [3.05, 3.63) is 29.8 Å². The van der Waals surface area contributed by atoms with Gasteiger partial charge in [-0.05, 0) is 24.7 Å². The molecule has 0 spiro atoms. The van der Waals surface area contributed by atoms with Crippen LogP contribution in [0.4, 0.5) is 0 Å². The molecular formula is C10H13NO3. The van der Waals surface area contributed by atoms with Crippen LogP contribution in [0.15, 0.2) is 24.3 Å². The summed E-state index contributed by atoms with van der Waals surface area (Å²) >= 11 is 0. The lowest BCUT2D eigenvalue weighted by molar-refractivity contribution is -0.136. The van der Waals surface area contributed by atoms with Gasteiger partial charge in [0.2, 0.25) is 0 Å². The first-order valence-corrected chi connectivity index (χ1v) is 4.30. The Kier molecular flexibility index (Phi) is 3.94. The van der Waals surface area contributed by atoms with E-state index in [9.17, 15) is 4.79 Å². The Hall–Kier alpha value is -1.55. The molecule has 0 aromatic heterocycles. The number of aliphatic carboxylic acids is 1. The Labute approximate surface area is 82.5 Å². The van der Waals surface area contributed by atoms with Crippen molar-refractivity contribution >= 4 is 5.97 Å². The molecule has 0 amide bonds. The van der Waals surface area contributed by atoms with Gasteiger partial charge in [0.05, 0.1) is 6.42 Å². The third-order valence-electron chi connectivity index (χ3n) is 1.66. The van der Waals surface area contributed by atoms with E-state index in [0.717, 1.165) is 11.3 Å². The Bertz CT molecular complexity index is 295. The van der Waals surface area contributed by atoms with Crippen molar-refractivity contribution in [3.8, 4) is 5.75 Å². The van der Waals surface area contributed by atoms with E-state index in [-0.39, 0.29) is 6.42 Å². The predicted molar refractivity (Wildman–Crippen MR) is 52.3 cm³/mol. The number of carboxylic acid groups (broad SMARTS) is 1. The first-order chi connectivity index (χ1) is 6.72. The smallest absolute Gasteiger partial charge is 0.307 e. The third-order valence-corrected chi connectivity index (χ3v) is 1.66. The van der Waals surface area contributed by atoms with Crippen LogP contribution in [0, 0.1) is 0 Å². The van der Waals surface area contributed by atoms with Gasteiger partial charge >= 0.3 is 5.97 Å². The maximum Gasteiger partial charge on any atom is 0.307 e. The zero-order valence-electron chi connectivity index (χ0n) is 7.99. The van der Waals surface area contributed by atoms with Crippen molar-refractivity contribution in [2.45, 2.75) is 6.42 Å². The average Bonchev–Trinajstić information content (AvgIpc) is 2.16. The van der Waals surface area contributed by atoms with E-state index < -0.39 is 5.97 Å². The van der Waals surface area contributed by atoms with Crippen molar-refractivity contribution in [2.24, 2.45) is 0 Å². The summed E-state index contributed by atoms with van der Waals surface area (Å²) in [6.07, 6.45) is 0.0479. The molecule has 0 bridgehead atoms. The quantitative estimate of drug-likeness (QED) is 0.684. The van der Waals surface area contributed by atoms with Crippen molar-refractivity contribution in [2.75, 3.05) is 13.8 Å². The molecule has 2 N–H and O–H groups in total. The van der Waals surface area contributed by atoms with Crippen LogP contribution in [0.5, 0.6) is 5.75 Å². The lowest BCUT2D eigenvalue weighted by Crippen LogP contribution is -2.14. The summed E-state index contributed by atoms with van der Waals surface area (Å²) in [7, 11) is 1.79. The van der Waals surface area contributed by atoms with Crippen LogP contribution in [0.1, 0.15) is 5.56 Å². The summed E-state index contributed by atoms with van der Waals surface area (Å²) in [4.78, 5) is 10.4. The highest BCUT2D eigenvalue weighted by atomic mass is 16.5. The Balaban J connectivity index is 2.54. The second-order valence-corrected chi connectivity index (χ2v) is 2.86. The molecule has 0 radical (unpaired) electrons. The zero-order chi connectivity index (χ0) is 10.4. The monoisotopic (exact) mass is 195 g/mol. The van der Waals surface area contributed by atoms with Gasteiger partial charge < -0.3 is 9.84 Å². The minimum Gasteiger partial charge on any atom is -0.481 e. The maximum absolute atomic E-state index is 10.4. The van der Waals surface area contributed by atoms with Gasteiger partial charge in [0, 0.05) is 0 Å². The molecule has 4 nitrogen and oxygen atoms in total. The fourth-order valence-electron chi connectivity index (χ4n) is 1.03. The molecule has 14 heavy (non-hydrogen) atoms. The van der Waals surface area contributed by atoms with E-state index in [1.54, 1.807) is 31.3 Å². The normalized spacial score (nSPS) is 9.79. The number of nitrogens with one attached hydrogen (secondary N) is 1. The van der Waals surface area contributed by atoms with Crippen molar-refractivity contribution in [1.82, 2.24) is 5.32 Å². The highest BCUT2D eigenvalue weighted by Gasteiger charge is 2.00. The molecule has 0 aliphatic carbocycles. The van der Waals surface area contributed by atoms with Crippen molar-refractivity contribution in [3.63, 3.8) is 0 Å². The summed E-state index contributed by atoms with van der Waals surface area (Å²) in [5.41, 5.74) is 0.773. The SMILES string of the molecule is CNCOc1ccc(CC(=O)O)cc1. The molecule has 1 aromatic rings. The molecular weight excluding hydrogens is 182 g/mol. The predicted octanol–water partition coefficient (Wildman–Crippen LogP) is 0.869. The van der Waals surface area contributed by atoms with Gasteiger partial charge in [-0.2, -0.15) is 0 Å². The number of carboxylic acids is 1. The van der Waals surface area contributed by atoms with Gasteiger partial charge in [-0.1, -0.05) is 12.1 Å². The number of hydrogen-bond donors (Lipinski definition) is 2. The van der Waals surface area contributed by atoms with Crippen LogP contribution in [-0.2, 0) is 11.2 Å². The van der Waals surface area contributed by atoms with Crippen molar-refractivity contribution in [1.29, 1.82) is 0 Å². The highest BCUT2D eigenvalue weighted by Crippen LogP contribution is 2.11. The molecule has 0 atom stereocenters. The largest absolute Gasteiger partial charge is 0.481 e. The Morgan fingerprint density at radius 2 is 2.07 bits per heavy atom. The van der Waals surface area contributed by atoms with E-state index in [1.165, 1.54) is 0 Å². The fourth-order valence-corrected chi connectivity index (χ4v) is 1.03. The summed E-state index contributed by atoms with van der Waals surface area (Å²) in [6.45, 7) is 0.443. The van der Waals surface area contributed by atoms with E-state index in [0.29, 0.717) is 6.73 Å². The standard InChI is InChI=1S/C10H13NO3/c1-11-7-14-9-4-2-8(3-5-9)6-10(12)13/h2-5,11H,6-7H2,1H3,(H,12,13). The fraction of sp³-hybridized carbons (Fsp3) is 0.300. The molecule has 1 rings (SSSR count). The Morgan fingerprint density at radius 3 is 2.57 bits per heavy atom. The van der Waals surface area contributed by atoms with Gasteiger partial charge in [-0.15, -0.1) is 0 Å². The van der Waals surface area contributed by atoms with Crippen LogP contribution < -0.4 is 10.1 Å². The van der Waals surface area contributed by atoms with Crippen LogP contribution in [0.3, 0.4) is 0 Å². The number of benzene rings is 1. The molecule has 4 heteroatoms. The van der Waals surface area contributed by atoms with E-state index in [2.05, 4.69) is 5.32 Å². The number of hydrogen-bond acceptors (Lipinski definition) is 3. The number of ether oxygens (including phenoxy) is 1. The summed E-state index contributed by atoms with van der Waals surface area (Å²) in [6, 6.07) is 7.02. The molecule has 0 saturated carbocycles. The highest BCUT2D eigenvalue weighted by molar-refractivity contribution is 5.70. The average molecular weight is 195 g/mol. The lowest BCUT2D eigenvalue weighted by Gasteiger charge is -2.05. The minimum absolute atomic E-state index is 0.0479. The van der Waals surface area contributed by atoms with Gasteiger partial charge in [-0.25, -0.2) is 0 Å².